The summed E-state index contributed by atoms with van der Waals surface area (Å²) in [6, 6.07) is 0. The summed E-state index contributed by atoms with van der Waals surface area (Å²) in [6.07, 6.45) is 43.7. The Morgan fingerprint density at radius 3 is 2.17 bits per heavy atom. The van der Waals surface area contributed by atoms with Gasteiger partial charge in [-0.25, -0.2) is 0 Å². The van der Waals surface area contributed by atoms with Gasteiger partial charge in [0.05, 0.1) is 38.8 Å². The van der Waals surface area contributed by atoms with Crippen LogP contribution in [0, 0.1) is 46.3 Å². The summed E-state index contributed by atoms with van der Waals surface area (Å²) in [5.41, 5.74) is 2.25. The highest BCUT2D eigenvalue weighted by Gasteiger charge is 2.59. The van der Waals surface area contributed by atoms with Crippen LogP contribution in [0.2, 0.25) is 0 Å². The van der Waals surface area contributed by atoms with Gasteiger partial charge < -0.3 is 28.6 Å². The van der Waals surface area contributed by atoms with E-state index in [1.54, 1.807) is 0 Å². The van der Waals surface area contributed by atoms with Crippen molar-refractivity contribution in [1.82, 2.24) is 4.90 Å². The number of fused-ring (bicyclic) bond motifs is 5. The average Bonchev–Trinajstić information content (AvgIpc) is 3.70. The standard InChI is InChI=1S/C61H107NO7/c1-7-8-9-10-11-12-13-14-15-16-17-18-19-20-21-25-42-65-48-66-47-53(46-62-40-23-22-24-41-62)67-43-27-44-68-58(63)34-35-59(64)69-52-36-38-60(5)51(45-52)30-31-54-56-33-32-55(50(4)29-26-28-49(2)3)61(56,6)39-37-57(54)60/h14-15,30,49-50,52-57H,7-13,16-29,31-48H2,1-6H3/t50-,52+,53?,54+,55-,56+,57+,60+,61-/m1/s1. The number of esters is 2. The lowest BCUT2D eigenvalue weighted by Crippen LogP contribution is -2.51. The van der Waals surface area contributed by atoms with Gasteiger partial charge in [0.1, 0.15) is 12.9 Å². The number of allylic oxidation sites excluding steroid dienone is 3. The lowest BCUT2D eigenvalue weighted by molar-refractivity contribution is -0.155. The van der Waals surface area contributed by atoms with Gasteiger partial charge in [-0.05, 0) is 149 Å². The molecule has 0 radical (unpaired) electrons. The molecule has 4 aliphatic carbocycles. The fourth-order valence-corrected chi connectivity index (χ4v) is 14.1. The van der Waals surface area contributed by atoms with Crippen molar-refractivity contribution in [2.24, 2.45) is 46.3 Å². The van der Waals surface area contributed by atoms with Crippen molar-refractivity contribution in [2.45, 2.75) is 253 Å². The number of carbonyl (C=O) groups excluding carboxylic acids is 2. The first kappa shape index (κ1) is 58.2. The molecule has 0 aromatic heterocycles. The molecule has 3 saturated carbocycles. The van der Waals surface area contributed by atoms with Crippen LogP contribution in [0.4, 0.5) is 0 Å². The Kier molecular flexibility index (Phi) is 27.3. The summed E-state index contributed by atoms with van der Waals surface area (Å²) < 4.78 is 29.6. The van der Waals surface area contributed by atoms with Crippen molar-refractivity contribution in [3.05, 3.63) is 23.8 Å². The Bertz CT molecular complexity index is 1470. The van der Waals surface area contributed by atoms with Crippen LogP contribution in [0.15, 0.2) is 23.8 Å². The third-order valence-electron chi connectivity index (χ3n) is 18.2. The largest absolute Gasteiger partial charge is 0.466 e. The summed E-state index contributed by atoms with van der Waals surface area (Å²) >= 11 is 0. The fraction of sp³-hybridized carbons (Fsp3) is 0.902. The van der Waals surface area contributed by atoms with E-state index in [1.165, 1.54) is 160 Å². The smallest absolute Gasteiger partial charge is 0.306 e. The van der Waals surface area contributed by atoms with E-state index in [2.05, 4.69) is 64.7 Å². The second-order valence-electron chi connectivity index (χ2n) is 23.9. The molecule has 0 bridgehead atoms. The van der Waals surface area contributed by atoms with Gasteiger partial charge in [0.25, 0.3) is 0 Å². The van der Waals surface area contributed by atoms with Crippen LogP contribution in [0.25, 0.3) is 0 Å². The van der Waals surface area contributed by atoms with Crippen LogP contribution in [-0.4, -0.2) is 81.9 Å². The molecule has 1 heterocycles. The molecular formula is C61H107NO7. The van der Waals surface area contributed by atoms with Gasteiger partial charge in [0, 0.05) is 26.0 Å². The minimum atomic E-state index is -0.347. The van der Waals surface area contributed by atoms with Crippen molar-refractivity contribution in [2.75, 3.05) is 52.9 Å². The van der Waals surface area contributed by atoms with Gasteiger partial charge in [-0.3, -0.25) is 9.59 Å². The van der Waals surface area contributed by atoms with Crippen molar-refractivity contribution in [1.29, 1.82) is 0 Å². The minimum absolute atomic E-state index is 0.0523. The number of hydrogen-bond donors (Lipinski definition) is 0. The summed E-state index contributed by atoms with van der Waals surface area (Å²) in [4.78, 5) is 28.2. The number of likely N-dealkylation sites (tertiary alicyclic amines) is 1. The van der Waals surface area contributed by atoms with Gasteiger partial charge >= 0.3 is 11.9 Å². The topological polar surface area (TPSA) is 83.5 Å². The molecular weight excluding hydrogens is 859 g/mol. The van der Waals surface area contributed by atoms with Crippen molar-refractivity contribution < 1.29 is 33.3 Å². The van der Waals surface area contributed by atoms with Gasteiger partial charge in [-0.15, -0.1) is 0 Å². The van der Waals surface area contributed by atoms with Crippen LogP contribution in [0.5, 0.6) is 0 Å². The van der Waals surface area contributed by atoms with Crippen LogP contribution in [0.3, 0.4) is 0 Å². The summed E-state index contributed by atoms with van der Waals surface area (Å²) in [5.74, 6) is 4.28. The van der Waals surface area contributed by atoms with E-state index in [-0.39, 0.29) is 49.0 Å². The molecule has 0 spiro atoms. The summed E-state index contributed by atoms with van der Waals surface area (Å²) in [5, 5.41) is 0. The molecule has 0 aromatic rings. The van der Waals surface area contributed by atoms with Gasteiger partial charge in [0.15, 0.2) is 0 Å². The predicted molar refractivity (Wildman–Crippen MR) is 284 cm³/mol. The molecule has 5 rings (SSSR count). The second-order valence-corrected chi connectivity index (χ2v) is 23.9. The molecule has 0 amide bonds. The Morgan fingerprint density at radius 1 is 0.725 bits per heavy atom. The Labute approximate surface area is 424 Å². The van der Waals surface area contributed by atoms with Gasteiger partial charge in [-0.2, -0.15) is 0 Å². The number of carbonyl (C=O) groups is 2. The molecule has 1 unspecified atom stereocenters. The number of rotatable bonds is 36. The van der Waals surface area contributed by atoms with E-state index in [0.29, 0.717) is 31.8 Å². The second kappa shape index (κ2) is 32.4. The number of piperidine rings is 1. The summed E-state index contributed by atoms with van der Waals surface area (Å²) in [7, 11) is 0. The molecule has 1 saturated heterocycles. The Morgan fingerprint density at radius 2 is 1.43 bits per heavy atom. The maximum Gasteiger partial charge on any atom is 0.306 e. The van der Waals surface area contributed by atoms with Gasteiger partial charge in [-0.1, -0.05) is 149 Å². The lowest BCUT2D eigenvalue weighted by Gasteiger charge is -2.58. The third kappa shape index (κ3) is 19.9. The van der Waals surface area contributed by atoms with Crippen molar-refractivity contribution >= 4 is 11.9 Å². The van der Waals surface area contributed by atoms with Crippen molar-refractivity contribution in [3.8, 4) is 0 Å². The third-order valence-corrected chi connectivity index (χ3v) is 18.2. The number of nitrogens with zero attached hydrogens (tertiary/aromatic N) is 1. The summed E-state index contributed by atoms with van der Waals surface area (Å²) in [6.45, 7) is 20.1. The first-order chi connectivity index (χ1) is 33.5. The highest BCUT2D eigenvalue weighted by atomic mass is 16.7. The van der Waals surface area contributed by atoms with Crippen molar-refractivity contribution in [3.63, 3.8) is 0 Å². The zero-order valence-electron chi connectivity index (χ0n) is 45.7. The van der Waals surface area contributed by atoms with E-state index < -0.39 is 0 Å². The van der Waals surface area contributed by atoms with Crippen LogP contribution < -0.4 is 0 Å². The minimum Gasteiger partial charge on any atom is -0.466 e. The number of ether oxygens (including phenoxy) is 5. The number of hydrogen-bond acceptors (Lipinski definition) is 8. The predicted octanol–water partition coefficient (Wildman–Crippen LogP) is 15.6. The van der Waals surface area contributed by atoms with E-state index >= 15 is 0 Å². The molecule has 5 aliphatic rings. The van der Waals surface area contributed by atoms with E-state index in [9.17, 15) is 9.59 Å². The monoisotopic (exact) mass is 966 g/mol. The fourth-order valence-electron chi connectivity index (χ4n) is 14.1. The zero-order chi connectivity index (χ0) is 49.2. The molecule has 9 atom stereocenters. The van der Waals surface area contributed by atoms with Gasteiger partial charge in [0.2, 0.25) is 0 Å². The van der Waals surface area contributed by atoms with E-state index in [1.807, 2.05) is 0 Å². The Hall–Kier alpha value is -1.74. The quantitative estimate of drug-likeness (QED) is 0.0266. The van der Waals surface area contributed by atoms with E-state index in [4.69, 9.17) is 23.7 Å². The SMILES string of the molecule is CCCCCCCCC=CCCCCCCCCOCOCC(CN1CCCCC1)OCCCOC(=O)CCC(=O)O[C@H]1CC[C@@]2(C)C(=CC[C@H]3[C@@H]4CC[C@H]([C@H](C)CCCC(C)C)[C@@]4(C)CC[C@@H]32)C1. The molecule has 69 heavy (non-hydrogen) atoms. The van der Waals surface area contributed by atoms with Crippen LogP contribution >= 0.6 is 0 Å². The average molecular weight is 967 g/mol. The first-order valence-corrected chi connectivity index (χ1v) is 29.7. The highest BCUT2D eigenvalue weighted by molar-refractivity contribution is 5.77. The molecule has 1 aliphatic heterocycles. The lowest BCUT2D eigenvalue weighted by atomic mass is 9.47. The van der Waals surface area contributed by atoms with Crippen LogP contribution in [0.1, 0.15) is 241 Å². The van der Waals surface area contributed by atoms with Crippen LogP contribution in [-0.2, 0) is 33.3 Å². The highest BCUT2D eigenvalue weighted by Crippen LogP contribution is 2.67. The number of unbranched alkanes of at least 4 members (excludes halogenated alkanes) is 12. The Balaban J connectivity index is 0.890. The molecule has 4 fully saturated rings. The molecule has 8 heteroatoms. The maximum atomic E-state index is 13.0. The van der Waals surface area contributed by atoms with E-state index in [0.717, 1.165) is 87.4 Å². The molecule has 0 aromatic carbocycles. The maximum absolute atomic E-state index is 13.0. The normalized spacial score (nSPS) is 28.0. The zero-order valence-corrected chi connectivity index (χ0v) is 45.7. The molecule has 8 nitrogen and oxygen atoms in total. The first-order valence-electron chi connectivity index (χ1n) is 29.7. The molecule has 0 N–H and O–H groups in total. The molecule has 398 valence electrons.